The van der Waals surface area contributed by atoms with Crippen molar-refractivity contribution in [2.75, 3.05) is 31.3 Å². The molecule has 1 aromatic carbocycles. The Balaban J connectivity index is 2.01. The van der Waals surface area contributed by atoms with Gasteiger partial charge in [-0.3, -0.25) is 14.5 Å². The van der Waals surface area contributed by atoms with Crippen LogP contribution in [0.3, 0.4) is 0 Å². The number of fused-ring (bicyclic) bond motifs is 1. The smallest absolute Gasteiger partial charge is 0.328 e. The first-order valence-corrected chi connectivity index (χ1v) is 7.26. The first-order chi connectivity index (χ1) is 11.5. The Bertz CT molecular complexity index is 645. The number of benzene rings is 1. The largest absolute Gasteiger partial charge is 0.482 e. The number of nitrogens with zero attached hydrogens (tertiary/aromatic N) is 1. The maximum absolute atomic E-state index is 12.1. The molecule has 2 amide bonds. The third kappa shape index (κ3) is 4.32. The SMILES string of the molecule is C=CCOCC(NC(=O)CN1C(=O)COc2ccccc21)C(=O)O. The number of anilines is 1. The summed E-state index contributed by atoms with van der Waals surface area (Å²) < 4.78 is 10.3. The zero-order valence-electron chi connectivity index (χ0n) is 12.9. The summed E-state index contributed by atoms with van der Waals surface area (Å²) in [6, 6.07) is 5.61. The van der Waals surface area contributed by atoms with Crippen molar-refractivity contribution in [2.45, 2.75) is 6.04 Å². The molecular formula is C16H18N2O6. The van der Waals surface area contributed by atoms with Crippen LogP contribution < -0.4 is 15.0 Å². The first kappa shape index (κ1) is 17.5. The van der Waals surface area contributed by atoms with E-state index in [1.807, 2.05) is 0 Å². The van der Waals surface area contributed by atoms with Crippen LogP contribution in [0.4, 0.5) is 5.69 Å². The molecule has 24 heavy (non-hydrogen) atoms. The van der Waals surface area contributed by atoms with Crippen molar-refractivity contribution in [2.24, 2.45) is 0 Å². The lowest BCUT2D eigenvalue weighted by molar-refractivity contribution is -0.143. The Morgan fingerprint density at radius 1 is 1.46 bits per heavy atom. The van der Waals surface area contributed by atoms with E-state index in [2.05, 4.69) is 11.9 Å². The summed E-state index contributed by atoms with van der Waals surface area (Å²) in [5.41, 5.74) is 0.471. The van der Waals surface area contributed by atoms with Crippen molar-refractivity contribution in [3.05, 3.63) is 36.9 Å². The lowest BCUT2D eigenvalue weighted by Gasteiger charge is -2.29. The topological polar surface area (TPSA) is 105 Å². The van der Waals surface area contributed by atoms with Crippen LogP contribution in [0.2, 0.25) is 0 Å². The number of aliphatic carboxylic acids is 1. The molecule has 0 aromatic heterocycles. The molecule has 1 unspecified atom stereocenters. The number of carboxylic acid groups (broad SMARTS) is 1. The molecule has 0 fully saturated rings. The highest BCUT2D eigenvalue weighted by atomic mass is 16.5. The van der Waals surface area contributed by atoms with Gasteiger partial charge in [0.1, 0.15) is 12.3 Å². The van der Waals surface area contributed by atoms with Crippen molar-refractivity contribution < 1.29 is 29.0 Å². The van der Waals surface area contributed by atoms with Crippen LogP contribution in [-0.2, 0) is 19.1 Å². The summed E-state index contributed by atoms with van der Waals surface area (Å²) in [4.78, 5) is 36.5. The molecule has 1 aliphatic heterocycles. The summed E-state index contributed by atoms with van der Waals surface area (Å²) in [7, 11) is 0. The highest BCUT2D eigenvalue weighted by molar-refractivity contribution is 6.02. The van der Waals surface area contributed by atoms with E-state index in [4.69, 9.17) is 14.6 Å². The van der Waals surface area contributed by atoms with Crippen LogP contribution >= 0.6 is 0 Å². The predicted molar refractivity (Wildman–Crippen MR) is 84.9 cm³/mol. The normalized spacial score (nSPS) is 14.3. The van der Waals surface area contributed by atoms with Crippen molar-refractivity contribution in [3.8, 4) is 5.75 Å². The molecule has 2 rings (SSSR count). The quantitative estimate of drug-likeness (QED) is 0.519. The number of hydrogen-bond acceptors (Lipinski definition) is 5. The number of carboxylic acids is 1. The molecule has 1 heterocycles. The molecule has 0 saturated carbocycles. The van der Waals surface area contributed by atoms with Crippen LogP contribution in [0, 0.1) is 0 Å². The number of rotatable bonds is 8. The van der Waals surface area contributed by atoms with Gasteiger partial charge in [0.2, 0.25) is 5.91 Å². The zero-order valence-corrected chi connectivity index (χ0v) is 12.9. The van der Waals surface area contributed by atoms with Gasteiger partial charge in [-0.15, -0.1) is 6.58 Å². The zero-order chi connectivity index (χ0) is 17.5. The Labute approximate surface area is 138 Å². The van der Waals surface area contributed by atoms with Crippen LogP contribution in [0.5, 0.6) is 5.75 Å². The molecule has 1 aromatic rings. The van der Waals surface area contributed by atoms with Gasteiger partial charge < -0.3 is 19.9 Å². The fourth-order valence-electron chi connectivity index (χ4n) is 2.15. The fraction of sp³-hybridized carbons (Fsp3) is 0.312. The van der Waals surface area contributed by atoms with Crippen LogP contribution in [0.15, 0.2) is 36.9 Å². The number of para-hydroxylation sites is 2. The van der Waals surface area contributed by atoms with Crippen LogP contribution in [0.25, 0.3) is 0 Å². The second-order valence-electron chi connectivity index (χ2n) is 5.02. The number of amides is 2. The summed E-state index contributed by atoms with van der Waals surface area (Å²) >= 11 is 0. The predicted octanol–water partition coefficient (Wildman–Crippen LogP) is 0.184. The van der Waals surface area contributed by atoms with Crippen molar-refractivity contribution >= 4 is 23.5 Å². The van der Waals surface area contributed by atoms with E-state index >= 15 is 0 Å². The van der Waals surface area contributed by atoms with Gasteiger partial charge in [0.25, 0.3) is 5.91 Å². The molecular weight excluding hydrogens is 316 g/mol. The molecule has 8 nitrogen and oxygen atoms in total. The van der Waals surface area contributed by atoms with Gasteiger partial charge in [-0.05, 0) is 12.1 Å². The van der Waals surface area contributed by atoms with E-state index in [1.54, 1.807) is 24.3 Å². The molecule has 1 aliphatic rings. The maximum Gasteiger partial charge on any atom is 0.328 e. The van der Waals surface area contributed by atoms with E-state index < -0.39 is 17.9 Å². The van der Waals surface area contributed by atoms with Gasteiger partial charge in [-0.2, -0.15) is 0 Å². The average Bonchev–Trinajstić information content (AvgIpc) is 2.56. The molecule has 8 heteroatoms. The number of ether oxygens (including phenoxy) is 2. The lowest BCUT2D eigenvalue weighted by atomic mass is 10.2. The van der Waals surface area contributed by atoms with Gasteiger partial charge in [0.15, 0.2) is 12.6 Å². The molecule has 0 spiro atoms. The van der Waals surface area contributed by atoms with Crippen LogP contribution in [-0.4, -0.2) is 55.3 Å². The first-order valence-electron chi connectivity index (χ1n) is 7.26. The van der Waals surface area contributed by atoms with E-state index in [1.165, 1.54) is 11.0 Å². The van der Waals surface area contributed by atoms with Gasteiger partial charge in [-0.1, -0.05) is 18.2 Å². The number of carbonyl (C=O) groups is 3. The highest BCUT2D eigenvalue weighted by Gasteiger charge is 2.28. The molecule has 128 valence electrons. The lowest BCUT2D eigenvalue weighted by Crippen LogP contribution is -2.50. The summed E-state index contributed by atoms with van der Waals surface area (Å²) in [5, 5.41) is 11.5. The monoisotopic (exact) mass is 334 g/mol. The summed E-state index contributed by atoms with van der Waals surface area (Å²) in [6.45, 7) is 2.96. The minimum absolute atomic E-state index is 0.172. The van der Waals surface area contributed by atoms with Gasteiger partial charge in [0.05, 0.1) is 18.9 Å². The van der Waals surface area contributed by atoms with Crippen molar-refractivity contribution in [3.63, 3.8) is 0 Å². The van der Waals surface area contributed by atoms with E-state index in [9.17, 15) is 14.4 Å². The second kappa shape index (κ2) is 8.11. The third-order valence-electron chi connectivity index (χ3n) is 3.26. The Hall–Kier alpha value is -2.87. The van der Waals surface area contributed by atoms with Crippen LogP contribution in [0.1, 0.15) is 0 Å². The number of carbonyl (C=O) groups excluding carboxylic acids is 2. The molecule has 2 N–H and O–H groups in total. The third-order valence-corrected chi connectivity index (χ3v) is 3.26. The van der Waals surface area contributed by atoms with Crippen molar-refractivity contribution in [1.29, 1.82) is 0 Å². The van der Waals surface area contributed by atoms with Gasteiger partial charge >= 0.3 is 5.97 Å². The Kier molecular flexibility index (Phi) is 5.91. The van der Waals surface area contributed by atoms with Crippen molar-refractivity contribution in [1.82, 2.24) is 5.32 Å². The maximum atomic E-state index is 12.1. The van der Waals surface area contributed by atoms with Gasteiger partial charge in [-0.25, -0.2) is 4.79 Å². The minimum atomic E-state index is -1.22. The molecule has 0 aliphatic carbocycles. The Morgan fingerprint density at radius 2 is 2.21 bits per heavy atom. The van der Waals surface area contributed by atoms with E-state index in [-0.39, 0.29) is 32.3 Å². The number of nitrogens with one attached hydrogen (secondary N) is 1. The molecule has 0 radical (unpaired) electrons. The van der Waals surface area contributed by atoms with E-state index in [0.717, 1.165) is 0 Å². The molecule has 0 saturated heterocycles. The minimum Gasteiger partial charge on any atom is -0.482 e. The summed E-state index contributed by atoms with van der Waals surface area (Å²) in [6.07, 6.45) is 1.48. The standard InChI is InChI=1S/C16H18N2O6/c1-2-7-23-9-11(16(21)22)17-14(19)8-18-12-5-3-4-6-13(12)24-10-15(18)20/h2-6,11H,1,7-10H2,(H,17,19)(H,21,22). The molecule has 0 bridgehead atoms. The second-order valence-corrected chi connectivity index (χ2v) is 5.02. The van der Waals surface area contributed by atoms with Gasteiger partial charge in [0, 0.05) is 0 Å². The molecule has 1 atom stereocenters. The van der Waals surface area contributed by atoms with E-state index in [0.29, 0.717) is 11.4 Å². The highest BCUT2D eigenvalue weighted by Crippen LogP contribution is 2.31. The summed E-state index contributed by atoms with van der Waals surface area (Å²) in [5.74, 6) is -1.71. The fourth-order valence-corrected chi connectivity index (χ4v) is 2.15. The number of hydrogen-bond donors (Lipinski definition) is 2. The average molecular weight is 334 g/mol. The Morgan fingerprint density at radius 3 is 2.92 bits per heavy atom.